The van der Waals surface area contributed by atoms with E-state index in [1.807, 2.05) is 0 Å². The van der Waals surface area contributed by atoms with Crippen LogP contribution in [0.2, 0.25) is 0 Å². The summed E-state index contributed by atoms with van der Waals surface area (Å²) in [5.74, 6) is 0. The first-order valence-corrected chi connectivity index (χ1v) is 5.23. The summed E-state index contributed by atoms with van der Waals surface area (Å²) in [6.07, 6.45) is -0.869. The van der Waals surface area contributed by atoms with Crippen LogP contribution in [0, 0.1) is 0 Å². The summed E-state index contributed by atoms with van der Waals surface area (Å²) >= 11 is 0. The second kappa shape index (κ2) is 11.0. The average molecular weight is 250 g/mol. The molecule has 0 aliphatic carbocycles. The Labute approximate surface area is 98.9 Å². The van der Waals surface area contributed by atoms with Crippen molar-refractivity contribution in [1.82, 2.24) is 10.6 Å². The highest BCUT2D eigenvalue weighted by atomic mass is 16.6. The molecule has 0 aliphatic heterocycles. The Kier molecular flexibility index (Phi) is 9.97. The first-order chi connectivity index (χ1) is 8.20. The molecule has 0 aromatic rings. The molecule has 0 aromatic carbocycles. The van der Waals surface area contributed by atoms with Gasteiger partial charge in [0.25, 0.3) is 0 Å². The second-order valence-corrected chi connectivity index (χ2v) is 2.93. The van der Waals surface area contributed by atoms with Gasteiger partial charge in [-0.1, -0.05) is 0 Å². The summed E-state index contributed by atoms with van der Waals surface area (Å²) in [6, 6.07) is 0. The minimum Gasteiger partial charge on any atom is -0.449 e. The van der Waals surface area contributed by atoms with Gasteiger partial charge >= 0.3 is 12.2 Å². The normalized spacial score (nSPS) is 9.53. The molecule has 0 rings (SSSR count). The van der Waals surface area contributed by atoms with E-state index < -0.39 is 12.2 Å². The predicted molar refractivity (Wildman–Crippen MR) is 57.5 cm³/mol. The van der Waals surface area contributed by atoms with Crippen LogP contribution in [0.4, 0.5) is 9.59 Å². The van der Waals surface area contributed by atoms with Crippen molar-refractivity contribution in [3.8, 4) is 0 Å². The summed E-state index contributed by atoms with van der Waals surface area (Å²) in [7, 11) is 0. The lowest BCUT2D eigenvalue weighted by Crippen LogP contribution is -2.29. The van der Waals surface area contributed by atoms with Crippen LogP contribution >= 0.6 is 0 Å². The first kappa shape index (κ1) is 15.5. The minimum atomic E-state index is -0.621. The first-order valence-electron chi connectivity index (χ1n) is 5.23. The Morgan fingerprint density at radius 3 is 1.65 bits per heavy atom. The van der Waals surface area contributed by atoms with Crippen LogP contribution in [-0.4, -0.2) is 61.9 Å². The lowest BCUT2D eigenvalue weighted by atomic mass is 10.5. The highest BCUT2D eigenvalue weighted by Gasteiger charge is 2.02. The highest BCUT2D eigenvalue weighted by molar-refractivity contribution is 5.67. The van der Waals surface area contributed by atoms with Gasteiger partial charge in [0.1, 0.15) is 0 Å². The lowest BCUT2D eigenvalue weighted by molar-refractivity contribution is 0.116. The van der Waals surface area contributed by atoms with Gasteiger partial charge in [-0.2, -0.15) is 0 Å². The average Bonchev–Trinajstić information content (AvgIpc) is 2.33. The van der Waals surface area contributed by atoms with Crippen molar-refractivity contribution in [2.24, 2.45) is 0 Å². The van der Waals surface area contributed by atoms with Gasteiger partial charge in [-0.3, -0.25) is 0 Å². The van der Waals surface area contributed by atoms with E-state index in [1.165, 1.54) is 0 Å². The molecule has 0 fully saturated rings. The third-order valence-electron chi connectivity index (χ3n) is 1.52. The number of aliphatic hydroxyl groups is 2. The summed E-state index contributed by atoms with van der Waals surface area (Å²) in [6.45, 7) is 0.208. The molecule has 0 aliphatic rings. The maximum absolute atomic E-state index is 10.8. The molecule has 0 aromatic heterocycles. The molecule has 0 spiro atoms. The molecule has 8 nitrogen and oxygen atoms in total. The largest absolute Gasteiger partial charge is 0.449 e. The molecule has 0 unspecified atom stereocenters. The van der Waals surface area contributed by atoms with Gasteiger partial charge in [0.05, 0.1) is 26.4 Å². The quantitative estimate of drug-likeness (QED) is 0.403. The molecule has 0 saturated heterocycles. The fourth-order valence-corrected chi connectivity index (χ4v) is 0.807. The monoisotopic (exact) mass is 250 g/mol. The van der Waals surface area contributed by atoms with E-state index >= 15 is 0 Å². The molecule has 2 amide bonds. The lowest BCUT2D eigenvalue weighted by Gasteiger charge is -2.07. The molecule has 0 heterocycles. The van der Waals surface area contributed by atoms with Crippen molar-refractivity contribution in [3.05, 3.63) is 0 Å². The molecule has 8 heteroatoms. The number of amides is 2. The van der Waals surface area contributed by atoms with Crippen LogP contribution in [0.25, 0.3) is 0 Å². The van der Waals surface area contributed by atoms with Crippen molar-refractivity contribution >= 4 is 12.2 Å². The Hall–Kier alpha value is -1.54. The van der Waals surface area contributed by atoms with Crippen LogP contribution in [0.3, 0.4) is 0 Å². The van der Waals surface area contributed by atoms with Crippen molar-refractivity contribution in [2.75, 3.05) is 39.5 Å². The van der Waals surface area contributed by atoms with Crippen molar-refractivity contribution in [2.45, 2.75) is 6.42 Å². The van der Waals surface area contributed by atoms with Crippen molar-refractivity contribution in [1.29, 1.82) is 0 Å². The summed E-state index contributed by atoms with van der Waals surface area (Å²) < 4.78 is 9.39. The van der Waals surface area contributed by atoms with Gasteiger partial charge in [0, 0.05) is 19.5 Å². The van der Waals surface area contributed by atoms with Crippen LogP contribution in [0.15, 0.2) is 0 Å². The van der Waals surface area contributed by atoms with Crippen molar-refractivity contribution in [3.63, 3.8) is 0 Å². The molecule has 100 valence electrons. The molecular formula is C9H18N2O6. The van der Waals surface area contributed by atoms with Crippen LogP contribution in [0.5, 0.6) is 0 Å². The van der Waals surface area contributed by atoms with E-state index in [9.17, 15) is 9.59 Å². The topological polar surface area (TPSA) is 117 Å². The molecule has 17 heavy (non-hydrogen) atoms. The smallest absolute Gasteiger partial charge is 0.407 e. The SMILES string of the molecule is O=C(NCCO)OCCCOC(=O)NCCO. The van der Waals surface area contributed by atoms with E-state index in [0.29, 0.717) is 6.42 Å². The van der Waals surface area contributed by atoms with Crippen molar-refractivity contribution < 1.29 is 29.3 Å². The van der Waals surface area contributed by atoms with Gasteiger partial charge in [0.2, 0.25) is 0 Å². The Morgan fingerprint density at radius 2 is 1.29 bits per heavy atom. The number of carbonyl (C=O) groups excluding carboxylic acids is 2. The molecular weight excluding hydrogens is 232 g/mol. The summed E-state index contributed by atoms with van der Waals surface area (Å²) in [5.41, 5.74) is 0. The minimum absolute atomic E-state index is 0.116. The maximum atomic E-state index is 10.8. The number of rotatable bonds is 8. The zero-order valence-corrected chi connectivity index (χ0v) is 9.48. The Morgan fingerprint density at radius 1 is 0.882 bits per heavy atom. The van der Waals surface area contributed by atoms with E-state index in [1.54, 1.807) is 0 Å². The number of aliphatic hydroxyl groups excluding tert-OH is 2. The number of carbonyl (C=O) groups is 2. The van der Waals surface area contributed by atoms with E-state index in [0.717, 1.165) is 0 Å². The maximum Gasteiger partial charge on any atom is 0.407 e. The van der Waals surface area contributed by atoms with Crippen LogP contribution < -0.4 is 10.6 Å². The molecule has 0 atom stereocenters. The van der Waals surface area contributed by atoms with Gasteiger partial charge < -0.3 is 30.3 Å². The third kappa shape index (κ3) is 10.7. The molecule has 0 bridgehead atoms. The molecule has 0 saturated carbocycles. The fourth-order valence-electron chi connectivity index (χ4n) is 0.807. The Balaban J connectivity index is 3.28. The van der Waals surface area contributed by atoms with Crippen LogP contribution in [0.1, 0.15) is 6.42 Å². The zero-order valence-electron chi connectivity index (χ0n) is 9.48. The number of nitrogens with one attached hydrogen (secondary N) is 2. The standard InChI is InChI=1S/C9H18N2O6/c12-4-2-10-8(14)16-6-1-7-17-9(15)11-3-5-13/h12-13H,1-7H2,(H,10,14)(H,11,15). The van der Waals surface area contributed by atoms with Gasteiger partial charge in [-0.15, -0.1) is 0 Å². The second-order valence-electron chi connectivity index (χ2n) is 2.93. The summed E-state index contributed by atoms with van der Waals surface area (Å²) in [4.78, 5) is 21.7. The van der Waals surface area contributed by atoms with Gasteiger partial charge in [-0.25, -0.2) is 9.59 Å². The number of alkyl carbamates (subject to hydrolysis) is 2. The van der Waals surface area contributed by atoms with E-state index in [-0.39, 0.29) is 39.5 Å². The van der Waals surface area contributed by atoms with Gasteiger partial charge in [-0.05, 0) is 0 Å². The van der Waals surface area contributed by atoms with E-state index in [4.69, 9.17) is 19.7 Å². The van der Waals surface area contributed by atoms with Crippen LogP contribution in [-0.2, 0) is 9.47 Å². The zero-order chi connectivity index (χ0) is 12.9. The fraction of sp³-hybridized carbons (Fsp3) is 0.778. The van der Waals surface area contributed by atoms with E-state index in [2.05, 4.69) is 10.6 Å². The molecule has 4 N–H and O–H groups in total. The van der Waals surface area contributed by atoms with Gasteiger partial charge in [0.15, 0.2) is 0 Å². The predicted octanol–water partition coefficient (Wildman–Crippen LogP) is -1.19. The molecule has 0 radical (unpaired) electrons. The summed E-state index contributed by atoms with van der Waals surface area (Å²) in [5, 5.41) is 21.4. The highest BCUT2D eigenvalue weighted by Crippen LogP contribution is 1.87. The number of hydrogen-bond donors (Lipinski definition) is 4. The third-order valence-corrected chi connectivity index (χ3v) is 1.52. The number of hydrogen-bond acceptors (Lipinski definition) is 6. The number of ether oxygens (including phenoxy) is 2. The Bertz CT molecular complexity index is 202.